The molecule has 0 bridgehead atoms. The van der Waals surface area contributed by atoms with Gasteiger partial charge in [0.25, 0.3) is 0 Å². The highest BCUT2D eigenvalue weighted by Crippen LogP contribution is 2.33. The van der Waals surface area contributed by atoms with E-state index in [2.05, 4.69) is 4.98 Å². The lowest BCUT2D eigenvalue weighted by Gasteiger charge is -2.21. The molecule has 3 aromatic rings. The van der Waals surface area contributed by atoms with Crippen molar-refractivity contribution in [3.63, 3.8) is 0 Å². The van der Waals surface area contributed by atoms with Crippen molar-refractivity contribution in [1.82, 2.24) is 4.98 Å². The van der Waals surface area contributed by atoms with Crippen LogP contribution in [0.5, 0.6) is 0 Å². The number of rotatable bonds is 3. The topological polar surface area (TPSA) is 46.3 Å². The van der Waals surface area contributed by atoms with Gasteiger partial charge in [0, 0.05) is 5.56 Å². The standard InChI is InChI=1S/C18H17NO2/c1-13-16(18(2,20)15-11-7-4-8-12-15)19-17(21-13)14-9-5-3-6-10-14/h3-12,20H,1-2H3. The first kappa shape index (κ1) is 13.6. The van der Waals surface area contributed by atoms with E-state index in [0.29, 0.717) is 17.3 Å². The summed E-state index contributed by atoms with van der Waals surface area (Å²) in [5, 5.41) is 10.9. The van der Waals surface area contributed by atoms with Gasteiger partial charge in [0.05, 0.1) is 0 Å². The van der Waals surface area contributed by atoms with Crippen LogP contribution in [0.25, 0.3) is 11.5 Å². The van der Waals surface area contributed by atoms with Crippen LogP contribution in [-0.4, -0.2) is 10.1 Å². The lowest BCUT2D eigenvalue weighted by Crippen LogP contribution is -2.24. The van der Waals surface area contributed by atoms with E-state index in [1.807, 2.05) is 67.6 Å². The number of hydrogen-bond donors (Lipinski definition) is 1. The first-order valence-corrected chi connectivity index (χ1v) is 6.90. The molecule has 0 saturated heterocycles. The Morgan fingerprint density at radius 2 is 1.52 bits per heavy atom. The second kappa shape index (κ2) is 5.19. The van der Waals surface area contributed by atoms with Crippen LogP contribution in [0.15, 0.2) is 65.1 Å². The van der Waals surface area contributed by atoms with Crippen LogP contribution >= 0.6 is 0 Å². The van der Waals surface area contributed by atoms with Crippen molar-refractivity contribution in [3.8, 4) is 11.5 Å². The Labute approximate surface area is 123 Å². The van der Waals surface area contributed by atoms with Gasteiger partial charge in [0.15, 0.2) is 0 Å². The third kappa shape index (κ3) is 2.48. The minimum Gasteiger partial charge on any atom is -0.441 e. The third-order valence-electron chi connectivity index (χ3n) is 3.61. The number of benzene rings is 2. The summed E-state index contributed by atoms with van der Waals surface area (Å²) in [5.41, 5.74) is 1.06. The van der Waals surface area contributed by atoms with Gasteiger partial charge in [-0.15, -0.1) is 0 Å². The Morgan fingerprint density at radius 1 is 0.952 bits per heavy atom. The highest BCUT2D eigenvalue weighted by Gasteiger charge is 2.31. The summed E-state index contributed by atoms with van der Waals surface area (Å²) < 4.78 is 5.74. The van der Waals surface area contributed by atoms with Gasteiger partial charge in [0.1, 0.15) is 17.1 Å². The van der Waals surface area contributed by atoms with Crippen LogP contribution in [0, 0.1) is 6.92 Å². The average molecular weight is 279 g/mol. The van der Waals surface area contributed by atoms with Gasteiger partial charge in [-0.05, 0) is 31.5 Å². The first-order chi connectivity index (χ1) is 10.1. The van der Waals surface area contributed by atoms with Crippen LogP contribution in [-0.2, 0) is 5.60 Å². The largest absolute Gasteiger partial charge is 0.441 e. The second-order valence-corrected chi connectivity index (χ2v) is 5.23. The molecule has 0 radical (unpaired) electrons. The van der Waals surface area contributed by atoms with Crippen molar-refractivity contribution in [2.45, 2.75) is 19.4 Å². The number of aromatic nitrogens is 1. The summed E-state index contributed by atoms with van der Waals surface area (Å²) in [6.07, 6.45) is 0. The summed E-state index contributed by atoms with van der Waals surface area (Å²) >= 11 is 0. The number of oxazole rings is 1. The quantitative estimate of drug-likeness (QED) is 0.790. The van der Waals surface area contributed by atoms with Crippen molar-refractivity contribution in [2.75, 3.05) is 0 Å². The molecule has 0 fully saturated rings. The van der Waals surface area contributed by atoms with Crippen LogP contribution in [0.1, 0.15) is 23.9 Å². The second-order valence-electron chi connectivity index (χ2n) is 5.23. The lowest BCUT2D eigenvalue weighted by atomic mass is 9.92. The summed E-state index contributed by atoms with van der Waals surface area (Å²) in [6.45, 7) is 3.56. The number of nitrogens with zero attached hydrogens (tertiary/aromatic N) is 1. The molecule has 21 heavy (non-hydrogen) atoms. The molecule has 0 aliphatic heterocycles. The molecule has 0 spiro atoms. The monoisotopic (exact) mass is 279 g/mol. The van der Waals surface area contributed by atoms with E-state index in [-0.39, 0.29) is 0 Å². The lowest BCUT2D eigenvalue weighted by molar-refractivity contribution is 0.0963. The fraction of sp³-hybridized carbons (Fsp3) is 0.167. The van der Waals surface area contributed by atoms with E-state index in [1.54, 1.807) is 6.92 Å². The van der Waals surface area contributed by atoms with Crippen LogP contribution < -0.4 is 0 Å². The molecular weight excluding hydrogens is 262 g/mol. The van der Waals surface area contributed by atoms with Gasteiger partial charge >= 0.3 is 0 Å². The summed E-state index contributed by atoms with van der Waals surface area (Å²) in [7, 11) is 0. The molecule has 2 aromatic carbocycles. The number of hydrogen-bond acceptors (Lipinski definition) is 3. The van der Waals surface area contributed by atoms with Crippen molar-refractivity contribution in [1.29, 1.82) is 0 Å². The molecule has 106 valence electrons. The number of aliphatic hydroxyl groups is 1. The molecule has 1 atom stereocenters. The SMILES string of the molecule is Cc1oc(-c2ccccc2)nc1C(C)(O)c1ccccc1. The molecule has 1 heterocycles. The molecule has 0 aliphatic carbocycles. The van der Waals surface area contributed by atoms with Gasteiger partial charge in [-0.25, -0.2) is 4.98 Å². The molecule has 1 N–H and O–H groups in total. The smallest absolute Gasteiger partial charge is 0.226 e. The predicted molar refractivity (Wildman–Crippen MR) is 81.8 cm³/mol. The fourth-order valence-corrected chi connectivity index (χ4v) is 2.45. The normalized spacial score (nSPS) is 13.9. The Hall–Kier alpha value is -2.39. The molecule has 0 saturated carbocycles. The Balaban J connectivity index is 2.06. The summed E-state index contributed by atoms with van der Waals surface area (Å²) in [4.78, 5) is 4.51. The molecular formula is C18H17NO2. The van der Waals surface area contributed by atoms with Crippen LogP contribution in [0.4, 0.5) is 0 Å². The molecule has 0 amide bonds. The predicted octanol–water partition coefficient (Wildman–Crippen LogP) is 3.91. The highest BCUT2D eigenvalue weighted by atomic mass is 16.4. The molecule has 3 nitrogen and oxygen atoms in total. The van der Waals surface area contributed by atoms with E-state index in [0.717, 1.165) is 11.1 Å². The zero-order chi connectivity index (χ0) is 14.9. The summed E-state index contributed by atoms with van der Waals surface area (Å²) in [5.74, 6) is 1.15. The maximum absolute atomic E-state index is 10.9. The average Bonchev–Trinajstić information content (AvgIpc) is 2.92. The van der Waals surface area contributed by atoms with Gasteiger partial charge in [-0.2, -0.15) is 0 Å². The molecule has 1 aromatic heterocycles. The Kier molecular flexibility index (Phi) is 3.35. The number of aryl methyl sites for hydroxylation is 1. The van der Waals surface area contributed by atoms with E-state index < -0.39 is 5.60 Å². The zero-order valence-electron chi connectivity index (χ0n) is 12.1. The molecule has 1 unspecified atom stereocenters. The van der Waals surface area contributed by atoms with Crippen molar-refractivity contribution < 1.29 is 9.52 Å². The van der Waals surface area contributed by atoms with E-state index in [1.165, 1.54) is 0 Å². The molecule has 3 heteroatoms. The minimum atomic E-state index is -1.18. The van der Waals surface area contributed by atoms with Gasteiger partial charge in [-0.1, -0.05) is 48.5 Å². The van der Waals surface area contributed by atoms with Gasteiger partial charge in [0.2, 0.25) is 5.89 Å². The third-order valence-corrected chi connectivity index (χ3v) is 3.61. The van der Waals surface area contributed by atoms with Crippen LogP contribution in [0.2, 0.25) is 0 Å². The van der Waals surface area contributed by atoms with Crippen LogP contribution in [0.3, 0.4) is 0 Å². The highest BCUT2D eigenvalue weighted by molar-refractivity contribution is 5.54. The first-order valence-electron chi connectivity index (χ1n) is 6.90. The van der Waals surface area contributed by atoms with E-state index in [9.17, 15) is 5.11 Å². The van der Waals surface area contributed by atoms with Crippen molar-refractivity contribution in [3.05, 3.63) is 77.7 Å². The van der Waals surface area contributed by atoms with Gasteiger partial charge < -0.3 is 9.52 Å². The fourth-order valence-electron chi connectivity index (χ4n) is 2.45. The minimum absolute atomic E-state index is 0.527. The Morgan fingerprint density at radius 3 is 2.14 bits per heavy atom. The van der Waals surface area contributed by atoms with E-state index >= 15 is 0 Å². The Bertz CT molecular complexity index is 730. The van der Waals surface area contributed by atoms with Crippen molar-refractivity contribution in [2.24, 2.45) is 0 Å². The maximum Gasteiger partial charge on any atom is 0.226 e. The molecule has 0 aliphatic rings. The van der Waals surface area contributed by atoms with E-state index in [4.69, 9.17) is 4.42 Å². The maximum atomic E-state index is 10.9. The zero-order valence-corrected chi connectivity index (χ0v) is 12.1. The van der Waals surface area contributed by atoms with Crippen molar-refractivity contribution >= 4 is 0 Å². The molecule has 3 rings (SSSR count). The summed E-state index contributed by atoms with van der Waals surface area (Å²) in [6, 6.07) is 19.2. The van der Waals surface area contributed by atoms with Gasteiger partial charge in [-0.3, -0.25) is 0 Å².